The van der Waals surface area contributed by atoms with Gasteiger partial charge in [0.2, 0.25) is 5.78 Å². The van der Waals surface area contributed by atoms with Gasteiger partial charge in [0.05, 0.1) is 19.5 Å². The second-order valence-electron chi connectivity index (χ2n) is 2.83. The Bertz CT molecular complexity index is 328. The first kappa shape index (κ1) is 11.5. The predicted molar refractivity (Wildman–Crippen MR) is 50.2 cm³/mol. The maximum absolute atomic E-state index is 11.6. The number of carbonyl (C=O) groups is 2. The summed E-state index contributed by atoms with van der Waals surface area (Å²) < 4.78 is 9.49. The summed E-state index contributed by atoms with van der Waals surface area (Å²) in [6, 6.07) is 2.97. The van der Waals surface area contributed by atoms with Crippen molar-refractivity contribution >= 4 is 11.8 Å². The zero-order valence-electron chi connectivity index (χ0n) is 8.30. The summed E-state index contributed by atoms with van der Waals surface area (Å²) in [5, 5.41) is 8.93. The number of carbonyl (C=O) groups excluding carboxylic acids is 2. The largest absolute Gasteiger partial charge is 0.465 e. The zero-order chi connectivity index (χ0) is 11.3. The van der Waals surface area contributed by atoms with Crippen molar-refractivity contribution in [2.24, 2.45) is 5.92 Å². The predicted octanol–water partition coefficient (Wildman–Crippen LogP) is 0.634. The molecule has 0 spiro atoms. The van der Waals surface area contributed by atoms with E-state index in [1.807, 2.05) is 0 Å². The van der Waals surface area contributed by atoms with E-state index < -0.39 is 24.3 Å². The molecular weight excluding hydrogens is 200 g/mol. The van der Waals surface area contributed by atoms with Gasteiger partial charge in [0.15, 0.2) is 5.76 Å². The standard InChI is InChI=1S/C10H12O5/c1-2-14-10(13)7(6-11)9(12)8-4-3-5-15-8/h3-5,7,11H,2,6H2,1H3. The van der Waals surface area contributed by atoms with Crippen LogP contribution in [0.4, 0.5) is 0 Å². The summed E-state index contributed by atoms with van der Waals surface area (Å²) in [7, 11) is 0. The molecule has 1 heterocycles. The minimum absolute atomic E-state index is 0.0436. The van der Waals surface area contributed by atoms with Crippen molar-refractivity contribution in [1.29, 1.82) is 0 Å². The van der Waals surface area contributed by atoms with Crippen LogP contribution in [0.1, 0.15) is 17.5 Å². The van der Waals surface area contributed by atoms with E-state index in [9.17, 15) is 9.59 Å². The van der Waals surface area contributed by atoms with E-state index in [0.29, 0.717) is 0 Å². The van der Waals surface area contributed by atoms with E-state index in [-0.39, 0.29) is 12.4 Å². The third-order valence-corrected chi connectivity index (χ3v) is 1.83. The van der Waals surface area contributed by atoms with Crippen LogP contribution in [0, 0.1) is 5.92 Å². The van der Waals surface area contributed by atoms with Gasteiger partial charge in [-0.1, -0.05) is 0 Å². The third kappa shape index (κ3) is 2.66. The lowest BCUT2D eigenvalue weighted by Gasteiger charge is -2.09. The summed E-state index contributed by atoms with van der Waals surface area (Å²) in [4.78, 5) is 22.9. The van der Waals surface area contributed by atoms with Gasteiger partial charge in [0, 0.05) is 0 Å². The van der Waals surface area contributed by atoms with Gasteiger partial charge in [0.25, 0.3) is 0 Å². The smallest absolute Gasteiger partial charge is 0.319 e. The van der Waals surface area contributed by atoms with Crippen molar-refractivity contribution in [2.45, 2.75) is 6.92 Å². The fourth-order valence-corrected chi connectivity index (χ4v) is 1.10. The maximum Gasteiger partial charge on any atom is 0.319 e. The molecular formula is C10H12O5. The highest BCUT2D eigenvalue weighted by molar-refractivity contribution is 6.07. The monoisotopic (exact) mass is 212 g/mol. The maximum atomic E-state index is 11.6. The summed E-state index contributed by atoms with van der Waals surface area (Å²) >= 11 is 0. The van der Waals surface area contributed by atoms with Crippen LogP contribution in [-0.2, 0) is 9.53 Å². The molecule has 0 radical (unpaired) electrons. The molecule has 15 heavy (non-hydrogen) atoms. The first-order valence-electron chi connectivity index (χ1n) is 4.56. The Morgan fingerprint density at radius 1 is 1.60 bits per heavy atom. The number of esters is 1. The lowest BCUT2D eigenvalue weighted by molar-refractivity contribution is -0.147. The van der Waals surface area contributed by atoms with Crippen LogP contribution >= 0.6 is 0 Å². The van der Waals surface area contributed by atoms with E-state index in [2.05, 4.69) is 4.74 Å². The second-order valence-corrected chi connectivity index (χ2v) is 2.83. The molecule has 1 atom stereocenters. The number of ether oxygens (including phenoxy) is 1. The van der Waals surface area contributed by atoms with Gasteiger partial charge in [0.1, 0.15) is 5.92 Å². The van der Waals surface area contributed by atoms with Crippen LogP contribution in [0.15, 0.2) is 22.8 Å². The topological polar surface area (TPSA) is 76.7 Å². The summed E-state index contributed by atoms with van der Waals surface area (Å²) in [6.07, 6.45) is 1.33. The minimum atomic E-state index is -1.20. The molecule has 5 heteroatoms. The fourth-order valence-electron chi connectivity index (χ4n) is 1.10. The fraction of sp³-hybridized carbons (Fsp3) is 0.400. The molecule has 5 nitrogen and oxygen atoms in total. The van der Waals surface area contributed by atoms with E-state index in [4.69, 9.17) is 9.52 Å². The average molecular weight is 212 g/mol. The lowest BCUT2D eigenvalue weighted by atomic mass is 10.0. The van der Waals surface area contributed by atoms with Crippen molar-refractivity contribution in [3.8, 4) is 0 Å². The van der Waals surface area contributed by atoms with Gasteiger partial charge in [-0.3, -0.25) is 9.59 Å². The van der Waals surface area contributed by atoms with E-state index >= 15 is 0 Å². The second kappa shape index (κ2) is 5.31. The van der Waals surface area contributed by atoms with E-state index in [0.717, 1.165) is 0 Å². The van der Waals surface area contributed by atoms with Gasteiger partial charge in [-0.2, -0.15) is 0 Å². The van der Waals surface area contributed by atoms with Gasteiger partial charge < -0.3 is 14.3 Å². The zero-order valence-corrected chi connectivity index (χ0v) is 8.30. The summed E-state index contributed by atoms with van der Waals surface area (Å²) in [5.74, 6) is -2.46. The van der Waals surface area contributed by atoms with Crippen molar-refractivity contribution in [3.05, 3.63) is 24.2 Å². The quantitative estimate of drug-likeness (QED) is 0.440. The minimum Gasteiger partial charge on any atom is -0.465 e. The highest BCUT2D eigenvalue weighted by atomic mass is 16.5. The summed E-state index contributed by atoms with van der Waals surface area (Å²) in [6.45, 7) is 1.21. The Kier molecular flexibility index (Phi) is 4.05. The number of ketones is 1. The van der Waals surface area contributed by atoms with Crippen molar-refractivity contribution < 1.29 is 23.8 Å². The Balaban J connectivity index is 2.75. The molecule has 1 aromatic rings. The number of aliphatic hydroxyl groups is 1. The van der Waals surface area contributed by atoms with Crippen molar-refractivity contribution in [3.63, 3.8) is 0 Å². The van der Waals surface area contributed by atoms with Gasteiger partial charge in [-0.25, -0.2) is 0 Å². The molecule has 0 bridgehead atoms. The Morgan fingerprint density at radius 2 is 2.33 bits per heavy atom. The van der Waals surface area contributed by atoms with Crippen LogP contribution in [-0.4, -0.2) is 30.1 Å². The van der Waals surface area contributed by atoms with Crippen LogP contribution in [0.2, 0.25) is 0 Å². The van der Waals surface area contributed by atoms with Crippen LogP contribution in [0.5, 0.6) is 0 Å². The van der Waals surface area contributed by atoms with Gasteiger partial charge in [-0.15, -0.1) is 0 Å². The van der Waals surface area contributed by atoms with Crippen LogP contribution < -0.4 is 0 Å². The molecule has 1 aromatic heterocycles. The molecule has 0 aliphatic carbocycles. The van der Waals surface area contributed by atoms with Gasteiger partial charge >= 0.3 is 5.97 Å². The number of aliphatic hydroxyl groups excluding tert-OH is 1. The highest BCUT2D eigenvalue weighted by Crippen LogP contribution is 2.11. The number of Topliss-reactive ketones (excluding diaryl/α,β-unsaturated/α-hetero) is 1. The van der Waals surface area contributed by atoms with Crippen molar-refractivity contribution in [1.82, 2.24) is 0 Å². The van der Waals surface area contributed by atoms with E-state index in [1.54, 1.807) is 6.92 Å². The molecule has 0 aromatic carbocycles. The highest BCUT2D eigenvalue weighted by Gasteiger charge is 2.29. The van der Waals surface area contributed by atoms with Gasteiger partial charge in [-0.05, 0) is 19.1 Å². The Hall–Kier alpha value is -1.62. The first-order valence-corrected chi connectivity index (χ1v) is 4.56. The molecule has 82 valence electrons. The lowest BCUT2D eigenvalue weighted by Crippen LogP contribution is -2.29. The number of furan rings is 1. The molecule has 0 fully saturated rings. The Morgan fingerprint density at radius 3 is 2.80 bits per heavy atom. The molecule has 0 saturated heterocycles. The number of rotatable bonds is 5. The summed E-state index contributed by atoms with van der Waals surface area (Å²) in [5.41, 5.74) is 0. The number of hydrogen-bond acceptors (Lipinski definition) is 5. The first-order chi connectivity index (χ1) is 7.20. The molecule has 1 unspecified atom stereocenters. The van der Waals surface area contributed by atoms with Crippen LogP contribution in [0.25, 0.3) is 0 Å². The molecule has 0 saturated carbocycles. The average Bonchev–Trinajstić information content (AvgIpc) is 2.71. The SMILES string of the molecule is CCOC(=O)C(CO)C(=O)c1ccco1. The third-order valence-electron chi connectivity index (χ3n) is 1.83. The molecule has 1 rings (SSSR count). The molecule has 0 amide bonds. The number of hydrogen-bond donors (Lipinski definition) is 1. The molecule has 0 aliphatic heterocycles. The molecule has 1 N–H and O–H groups in total. The Labute approximate surface area is 86.6 Å². The van der Waals surface area contributed by atoms with Crippen LogP contribution in [0.3, 0.4) is 0 Å². The normalized spacial score (nSPS) is 12.1. The molecule has 0 aliphatic rings. The van der Waals surface area contributed by atoms with E-state index in [1.165, 1.54) is 18.4 Å². The van der Waals surface area contributed by atoms with Crippen molar-refractivity contribution in [2.75, 3.05) is 13.2 Å².